The van der Waals surface area contributed by atoms with Crippen molar-refractivity contribution >= 4 is 29.2 Å². The molecule has 6 nitrogen and oxygen atoms in total. The Hall–Kier alpha value is -2.73. The summed E-state index contributed by atoms with van der Waals surface area (Å²) in [7, 11) is 1.46. The fourth-order valence-electron chi connectivity index (χ4n) is 2.79. The van der Waals surface area contributed by atoms with Gasteiger partial charge in [-0.2, -0.15) is 0 Å². The molecule has 2 aromatic carbocycles. The van der Waals surface area contributed by atoms with Crippen molar-refractivity contribution in [1.82, 2.24) is 0 Å². The van der Waals surface area contributed by atoms with E-state index in [-0.39, 0.29) is 28.6 Å². The van der Waals surface area contributed by atoms with E-state index in [0.717, 1.165) is 5.69 Å². The summed E-state index contributed by atoms with van der Waals surface area (Å²) in [5.74, 6) is -0.326. The van der Waals surface area contributed by atoms with Crippen LogP contribution in [0, 0.1) is 0 Å². The van der Waals surface area contributed by atoms with E-state index in [4.69, 9.17) is 25.8 Å². The number of amides is 1. The number of para-hydroxylation sites is 1. The second kappa shape index (κ2) is 10.2. The third-order valence-corrected chi connectivity index (χ3v) is 4.25. The first-order valence-corrected chi connectivity index (χ1v) is 9.70. The molecule has 156 valence electrons. The molecule has 0 saturated carbocycles. The molecule has 0 spiro atoms. The molecule has 0 aliphatic carbocycles. The maximum absolute atomic E-state index is 12.7. The van der Waals surface area contributed by atoms with Crippen molar-refractivity contribution in [1.29, 1.82) is 0 Å². The SMILES string of the molecule is COc1cc(C(=O)OCC(=O)N(c2ccccc2)C(C)C)cc(Cl)c1OC(C)C. The Morgan fingerprint density at radius 1 is 1.07 bits per heavy atom. The van der Waals surface area contributed by atoms with E-state index < -0.39 is 12.6 Å². The van der Waals surface area contributed by atoms with E-state index in [1.807, 2.05) is 58.0 Å². The monoisotopic (exact) mass is 419 g/mol. The van der Waals surface area contributed by atoms with Gasteiger partial charge in [0.15, 0.2) is 18.1 Å². The van der Waals surface area contributed by atoms with Crippen molar-refractivity contribution in [2.24, 2.45) is 0 Å². The number of carbonyl (C=O) groups is 2. The number of rotatable bonds is 8. The van der Waals surface area contributed by atoms with Gasteiger partial charge in [-0.15, -0.1) is 0 Å². The highest BCUT2D eigenvalue weighted by Gasteiger charge is 2.22. The van der Waals surface area contributed by atoms with E-state index in [0.29, 0.717) is 11.5 Å². The number of methoxy groups -OCH3 is 1. The average Bonchev–Trinajstić information content (AvgIpc) is 2.67. The number of nitrogens with zero attached hydrogens (tertiary/aromatic N) is 1. The van der Waals surface area contributed by atoms with Crippen molar-refractivity contribution in [3.63, 3.8) is 0 Å². The Bertz CT molecular complexity index is 852. The summed E-state index contributed by atoms with van der Waals surface area (Å²) in [5, 5.41) is 0.226. The molecule has 0 radical (unpaired) electrons. The number of esters is 1. The summed E-state index contributed by atoms with van der Waals surface area (Å²) in [6.07, 6.45) is -0.114. The van der Waals surface area contributed by atoms with Gasteiger partial charge in [0, 0.05) is 11.7 Å². The molecule has 0 saturated heterocycles. The number of hydrogen-bond donors (Lipinski definition) is 0. The van der Waals surface area contributed by atoms with Crippen molar-refractivity contribution in [2.45, 2.75) is 39.8 Å². The first-order chi connectivity index (χ1) is 13.7. The lowest BCUT2D eigenvalue weighted by molar-refractivity contribution is -0.122. The van der Waals surface area contributed by atoms with Crippen molar-refractivity contribution < 1.29 is 23.8 Å². The highest BCUT2D eigenvalue weighted by atomic mass is 35.5. The van der Waals surface area contributed by atoms with Gasteiger partial charge in [0.2, 0.25) is 0 Å². The van der Waals surface area contributed by atoms with Crippen LogP contribution in [0.25, 0.3) is 0 Å². The molecule has 0 aliphatic rings. The quantitative estimate of drug-likeness (QED) is 0.578. The maximum atomic E-state index is 12.7. The molecule has 2 rings (SSSR count). The number of benzene rings is 2. The predicted octanol–water partition coefficient (Wildman–Crippen LogP) is 4.73. The summed E-state index contributed by atoms with van der Waals surface area (Å²) in [4.78, 5) is 26.7. The minimum atomic E-state index is -0.675. The van der Waals surface area contributed by atoms with Crippen molar-refractivity contribution in [3.05, 3.63) is 53.1 Å². The molecule has 0 unspecified atom stereocenters. The number of halogens is 1. The van der Waals surface area contributed by atoms with Crippen LogP contribution in [0.2, 0.25) is 5.02 Å². The van der Waals surface area contributed by atoms with Gasteiger partial charge in [-0.1, -0.05) is 29.8 Å². The normalized spacial score (nSPS) is 10.8. The van der Waals surface area contributed by atoms with Gasteiger partial charge >= 0.3 is 5.97 Å². The van der Waals surface area contributed by atoms with Gasteiger partial charge in [-0.05, 0) is 52.0 Å². The number of anilines is 1. The Labute approximate surface area is 176 Å². The molecular weight excluding hydrogens is 394 g/mol. The Morgan fingerprint density at radius 2 is 1.72 bits per heavy atom. The van der Waals surface area contributed by atoms with Gasteiger partial charge in [0.25, 0.3) is 5.91 Å². The molecule has 0 aliphatic heterocycles. The van der Waals surface area contributed by atoms with Crippen molar-refractivity contribution in [3.8, 4) is 11.5 Å². The Morgan fingerprint density at radius 3 is 2.28 bits per heavy atom. The summed E-state index contributed by atoms with van der Waals surface area (Å²) < 4.78 is 16.1. The molecule has 0 aromatic heterocycles. The van der Waals surface area contributed by atoms with Crippen LogP contribution in [0.1, 0.15) is 38.1 Å². The van der Waals surface area contributed by atoms with E-state index in [1.54, 1.807) is 4.90 Å². The maximum Gasteiger partial charge on any atom is 0.338 e. The molecule has 0 bridgehead atoms. The molecule has 0 fully saturated rings. The van der Waals surface area contributed by atoms with E-state index in [1.165, 1.54) is 19.2 Å². The zero-order chi connectivity index (χ0) is 21.6. The smallest absolute Gasteiger partial charge is 0.338 e. The van der Waals surface area contributed by atoms with E-state index in [2.05, 4.69) is 0 Å². The van der Waals surface area contributed by atoms with Crippen LogP contribution in [0.4, 0.5) is 5.69 Å². The van der Waals surface area contributed by atoms with Gasteiger partial charge in [-0.25, -0.2) is 4.79 Å². The van der Waals surface area contributed by atoms with Crippen LogP contribution in [0.15, 0.2) is 42.5 Å². The highest BCUT2D eigenvalue weighted by Crippen LogP contribution is 2.37. The summed E-state index contributed by atoms with van der Waals surface area (Å²) in [6, 6.07) is 12.1. The number of carbonyl (C=O) groups excluding carboxylic acids is 2. The first-order valence-electron chi connectivity index (χ1n) is 9.33. The van der Waals surface area contributed by atoms with Crippen LogP contribution in [0.3, 0.4) is 0 Å². The summed E-state index contributed by atoms with van der Waals surface area (Å²) in [6.45, 7) is 7.11. The molecule has 0 heterocycles. The molecular formula is C22H26ClNO5. The van der Waals surface area contributed by atoms with Crippen molar-refractivity contribution in [2.75, 3.05) is 18.6 Å². The second-order valence-electron chi connectivity index (χ2n) is 6.93. The highest BCUT2D eigenvalue weighted by molar-refractivity contribution is 6.32. The molecule has 7 heteroatoms. The standard InChI is InChI=1S/C22H26ClNO5/c1-14(2)24(17-9-7-6-8-10-17)20(25)13-28-22(26)16-11-18(23)21(29-15(3)4)19(12-16)27-5/h6-12,14-15H,13H2,1-5H3. The molecule has 0 atom stereocenters. The largest absolute Gasteiger partial charge is 0.493 e. The van der Waals surface area contributed by atoms with Crippen LogP contribution in [-0.4, -0.2) is 37.7 Å². The minimum Gasteiger partial charge on any atom is -0.493 e. The fraction of sp³-hybridized carbons (Fsp3) is 0.364. The Balaban J connectivity index is 2.13. The van der Waals surface area contributed by atoms with Crippen LogP contribution in [0.5, 0.6) is 11.5 Å². The van der Waals surface area contributed by atoms with Gasteiger partial charge in [0.05, 0.1) is 23.8 Å². The second-order valence-corrected chi connectivity index (χ2v) is 7.33. The van der Waals surface area contributed by atoms with Crippen LogP contribution < -0.4 is 14.4 Å². The Kier molecular flexibility index (Phi) is 7.91. The lowest BCUT2D eigenvalue weighted by atomic mass is 10.2. The summed E-state index contributed by atoms with van der Waals surface area (Å²) in [5.41, 5.74) is 0.912. The molecule has 1 amide bonds. The topological polar surface area (TPSA) is 65.1 Å². The molecule has 29 heavy (non-hydrogen) atoms. The lowest BCUT2D eigenvalue weighted by Gasteiger charge is -2.26. The van der Waals surface area contributed by atoms with Crippen LogP contribution >= 0.6 is 11.6 Å². The number of hydrogen-bond acceptors (Lipinski definition) is 5. The van der Waals surface area contributed by atoms with E-state index >= 15 is 0 Å². The molecule has 2 aromatic rings. The minimum absolute atomic E-state index is 0.0920. The van der Waals surface area contributed by atoms with E-state index in [9.17, 15) is 9.59 Å². The zero-order valence-electron chi connectivity index (χ0n) is 17.3. The third kappa shape index (κ3) is 5.87. The zero-order valence-corrected chi connectivity index (χ0v) is 18.0. The predicted molar refractivity (Wildman–Crippen MR) is 113 cm³/mol. The summed E-state index contributed by atoms with van der Waals surface area (Å²) >= 11 is 6.25. The third-order valence-electron chi connectivity index (χ3n) is 3.96. The van der Waals surface area contributed by atoms with Gasteiger partial charge in [0.1, 0.15) is 0 Å². The molecule has 0 N–H and O–H groups in total. The van der Waals surface area contributed by atoms with Gasteiger partial charge in [-0.3, -0.25) is 4.79 Å². The average molecular weight is 420 g/mol. The fourth-order valence-corrected chi connectivity index (χ4v) is 3.04. The number of ether oxygens (including phenoxy) is 3. The van der Waals surface area contributed by atoms with Crippen LogP contribution in [-0.2, 0) is 9.53 Å². The first kappa shape index (κ1) is 22.6. The van der Waals surface area contributed by atoms with Gasteiger partial charge < -0.3 is 19.1 Å². The lowest BCUT2D eigenvalue weighted by Crippen LogP contribution is -2.39.